The molecule has 2 saturated heterocycles. The van der Waals surface area contributed by atoms with E-state index in [1.54, 1.807) is 10.8 Å². The van der Waals surface area contributed by atoms with Gasteiger partial charge in [-0.05, 0) is 138 Å². The fourth-order valence-corrected chi connectivity index (χ4v) is 11.0. The molecule has 2 saturated carbocycles. The van der Waals surface area contributed by atoms with Gasteiger partial charge >= 0.3 is 0 Å². The van der Waals surface area contributed by atoms with Gasteiger partial charge < -0.3 is 16.0 Å². The summed E-state index contributed by atoms with van der Waals surface area (Å²) in [4.78, 5) is 16.7. The van der Waals surface area contributed by atoms with Crippen molar-refractivity contribution in [2.45, 2.75) is 94.5 Å². The number of aromatic nitrogens is 6. The molecule has 2 aliphatic carbocycles. The van der Waals surface area contributed by atoms with Crippen LogP contribution in [0.2, 0.25) is 0 Å². The van der Waals surface area contributed by atoms with Crippen LogP contribution < -0.4 is 11.1 Å². The Bertz CT molecular complexity index is 2410. The van der Waals surface area contributed by atoms with E-state index in [9.17, 15) is 8.42 Å². The van der Waals surface area contributed by atoms with E-state index in [-0.39, 0.29) is 5.16 Å². The molecule has 0 unspecified atom stereocenters. The first-order chi connectivity index (χ1) is 30.2. The van der Waals surface area contributed by atoms with Crippen LogP contribution in [0.3, 0.4) is 0 Å². The Morgan fingerprint density at radius 1 is 0.677 bits per heavy atom. The summed E-state index contributed by atoms with van der Waals surface area (Å²) in [5.41, 5.74) is 9.14. The van der Waals surface area contributed by atoms with Crippen molar-refractivity contribution in [2.75, 3.05) is 37.8 Å². The second-order valence-electron chi connectivity index (χ2n) is 16.8. The minimum Gasteiger partial charge on any atom is -0.351 e. The molecule has 10 rings (SSSR count). The van der Waals surface area contributed by atoms with Gasteiger partial charge in [0.2, 0.25) is 20.9 Å². The van der Waals surface area contributed by atoms with Gasteiger partial charge in [0.25, 0.3) is 0 Å². The number of hydrogen-bond acceptors (Lipinski definition) is 9. The first kappa shape index (κ1) is 45.2. The summed E-state index contributed by atoms with van der Waals surface area (Å²) < 4.78 is 29.2. The lowest BCUT2D eigenvalue weighted by Gasteiger charge is -2.30. The Morgan fingerprint density at radius 2 is 1.19 bits per heavy atom. The average molecular weight is 877 g/mol. The highest BCUT2D eigenvalue weighted by Crippen LogP contribution is 2.40. The maximum Gasteiger partial charge on any atom is 0.231 e. The molecule has 62 heavy (non-hydrogen) atoms. The van der Waals surface area contributed by atoms with Gasteiger partial charge in [0.05, 0.1) is 0 Å². The standard InChI is InChI=1S/C19H26N4.C10H10N2O2S.C10H20N2.C9H8N2S/c1-2-12-22-13-10-15-8-9-17(18(15)22)21-19-20-11-14-23(19)16-6-4-3-5-7-16;1-15(13,14)10-11-7-8-12(10)9-5-3-2-4-6-9;1-2-6-12-7-5-8-3-4-9(11)10(8)12;12-9-10-6-7-11(9)8-4-2-1-3-5-8/h3-7,11,14-15,17-18H,2,8-10,12-13H2,1H3,(H,20,21);2-8H,1H3;8-10H,2-7,11H2,1H3;1-7H,(H,10,12)/t15-,17+,18+;;8-,9+,10+;/m1.1./s1. The molecule has 14 heteroatoms. The summed E-state index contributed by atoms with van der Waals surface area (Å²) in [5, 5.41) is 3.82. The second kappa shape index (κ2) is 21.5. The van der Waals surface area contributed by atoms with Crippen LogP contribution in [0.15, 0.2) is 133 Å². The third-order valence-electron chi connectivity index (χ3n) is 12.6. The summed E-state index contributed by atoms with van der Waals surface area (Å²) in [6.45, 7) is 9.60. The first-order valence-corrected chi connectivity index (χ1v) is 24.7. The smallest absolute Gasteiger partial charge is 0.231 e. The number of sulfone groups is 1. The highest BCUT2D eigenvalue weighted by atomic mass is 32.2. The van der Waals surface area contributed by atoms with Gasteiger partial charge in [-0.15, -0.1) is 0 Å². The van der Waals surface area contributed by atoms with E-state index in [1.807, 2.05) is 90.0 Å². The zero-order chi connectivity index (χ0) is 43.5. The molecule has 4 aliphatic rings. The molecule has 0 radical (unpaired) electrons. The van der Waals surface area contributed by atoms with Crippen LogP contribution in [-0.4, -0.2) is 103 Å². The minimum atomic E-state index is -3.29. The summed E-state index contributed by atoms with van der Waals surface area (Å²) >= 11 is 5.07. The van der Waals surface area contributed by atoms with Crippen LogP contribution in [-0.2, 0) is 9.84 Å². The monoisotopic (exact) mass is 876 g/mol. The first-order valence-electron chi connectivity index (χ1n) is 22.4. The van der Waals surface area contributed by atoms with Crippen molar-refractivity contribution in [1.29, 1.82) is 0 Å². The Labute approximate surface area is 373 Å². The van der Waals surface area contributed by atoms with Crippen LogP contribution in [0, 0.1) is 16.6 Å². The normalized spacial score (nSPS) is 23.0. The van der Waals surface area contributed by atoms with Crippen LogP contribution in [0.1, 0.15) is 65.2 Å². The van der Waals surface area contributed by atoms with E-state index in [0.717, 1.165) is 46.2 Å². The van der Waals surface area contributed by atoms with Crippen molar-refractivity contribution in [2.24, 2.45) is 17.6 Å². The molecule has 6 atom stereocenters. The SMILES string of the molecule is CCCN1CC[C@H]2CC[C@H](N)[C@H]21.CCCN1CC[C@H]2CC[C@H](Nc3nccn3-c3ccccc3)[C@H]21.CS(=O)(=O)c1nccn1-c1ccccc1.S=c1[nH]ccn1-c1ccccc1. The number of nitrogens with one attached hydrogen (secondary N) is 2. The number of imidazole rings is 3. The van der Waals surface area contributed by atoms with E-state index >= 15 is 0 Å². The number of fused-ring (bicyclic) bond motifs is 2. The Balaban J connectivity index is 0.000000130. The lowest BCUT2D eigenvalue weighted by atomic mass is 10.0. The predicted octanol–water partition coefficient (Wildman–Crippen LogP) is 8.57. The van der Waals surface area contributed by atoms with Crippen molar-refractivity contribution in [3.05, 3.63) is 133 Å². The quantitative estimate of drug-likeness (QED) is 0.116. The van der Waals surface area contributed by atoms with Gasteiger partial charge in [0, 0.05) is 84.7 Å². The molecule has 12 nitrogen and oxygen atoms in total. The van der Waals surface area contributed by atoms with Gasteiger partial charge in [-0.2, -0.15) is 0 Å². The lowest BCUT2D eigenvalue weighted by molar-refractivity contribution is 0.225. The summed E-state index contributed by atoms with van der Waals surface area (Å²) in [7, 11) is -3.29. The van der Waals surface area contributed by atoms with E-state index in [4.69, 9.17) is 18.0 Å². The van der Waals surface area contributed by atoms with Gasteiger partial charge in [-0.1, -0.05) is 68.4 Å². The molecule has 3 aromatic heterocycles. The molecular formula is C48H64N10O2S2. The second-order valence-corrected chi connectivity index (χ2v) is 19.1. The molecule has 4 N–H and O–H groups in total. The molecular weight excluding hydrogens is 813 g/mol. The summed E-state index contributed by atoms with van der Waals surface area (Å²) in [6, 6.07) is 32.1. The van der Waals surface area contributed by atoms with Gasteiger partial charge in [-0.25, -0.2) is 18.4 Å². The molecule has 6 aromatic rings. The number of benzene rings is 3. The molecule has 0 spiro atoms. The third kappa shape index (κ3) is 11.0. The topological polar surface area (TPSA) is 135 Å². The Morgan fingerprint density at radius 3 is 1.76 bits per heavy atom. The van der Waals surface area contributed by atoms with E-state index in [1.165, 1.54) is 89.4 Å². The van der Waals surface area contributed by atoms with Crippen molar-refractivity contribution >= 4 is 28.0 Å². The number of likely N-dealkylation sites (tertiary alicyclic amines) is 2. The van der Waals surface area contributed by atoms with E-state index in [0.29, 0.717) is 18.1 Å². The Hall–Kier alpha value is -4.86. The number of anilines is 1. The van der Waals surface area contributed by atoms with Gasteiger partial charge in [-0.3, -0.25) is 23.5 Å². The highest BCUT2D eigenvalue weighted by Gasteiger charge is 2.44. The predicted molar refractivity (Wildman–Crippen MR) is 253 cm³/mol. The minimum absolute atomic E-state index is 0.0636. The van der Waals surface area contributed by atoms with Gasteiger partial charge in [0.1, 0.15) is 0 Å². The molecule has 4 fully saturated rings. The number of rotatable bonds is 10. The fraction of sp³-hybridized carbons (Fsp3) is 0.438. The number of hydrogen-bond donors (Lipinski definition) is 3. The van der Waals surface area contributed by atoms with Crippen LogP contribution in [0.25, 0.3) is 17.1 Å². The zero-order valence-corrected chi connectivity index (χ0v) is 38.0. The van der Waals surface area contributed by atoms with Crippen molar-refractivity contribution in [1.82, 2.24) is 38.5 Å². The zero-order valence-electron chi connectivity index (χ0n) is 36.4. The highest BCUT2D eigenvalue weighted by molar-refractivity contribution is 7.90. The Kier molecular flexibility index (Phi) is 15.7. The molecule has 330 valence electrons. The largest absolute Gasteiger partial charge is 0.351 e. The lowest BCUT2D eigenvalue weighted by Crippen LogP contribution is -2.43. The molecule has 3 aromatic carbocycles. The van der Waals surface area contributed by atoms with Gasteiger partial charge in [0.15, 0.2) is 4.77 Å². The van der Waals surface area contributed by atoms with E-state index in [2.05, 4.69) is 78.8 Å². The molecule has 2 aliphatic heterocycles. The van der Waals surface area contributed by atoms with Crippen LogP contribution in [0.4, 0.5) is 5.95 Å². The van der Waals surface area contributed by atoms with Crippen molar-refractivity contribution < 1.29 is 8.42 Å². The number of nitrogens with zero attached hydrogens (tertiary/aromatic N) is 7. The molecule has 0 amide bonds. The number of nitrogens with two attached hydrogens (primary N) is 1. The van der Waals surface area contributed by atoms with Crippen molar-refractivity contribution in [3.63, 3.8) is 0 Å². The number of aromatic amines is 1. The van der Waals surface area contributed by atoms with Crippen LogP contribution >= 0.6 is 12.2 Å². The third-order valence-corrected chi connectivity index (χ3v) is 13.9. The number of H-pyrrole nitrogens is 1. The fourth-order valence-electron chi connectivity index (χ4n) is 9.96. The summed E-state index contributed by atoms with van der Waals surface area (Å²) in [6.07, 6.45) is 22.5. The summed E-state index contributed by atoms with van der Waals surface area (Å²) in [5.74, 6) is 2.79. The maximum absolute atomic E-state index is 11.4. The molecule has 0 bridgehead atoms. The number of para-hydroxylation sites is 3. The van der Waals surface area contributed by atoms with Crippen molar-refractivity contribution in [3.8, 4) is 17.1 Å². The van der Waals surface area contributed by atoms with E-state index < -0.39 is 9.84 Å². The maximum atomic E-state index is 11.4. The van der Waals surface area contributed by atoms with Crippen LogP contribution in [0.5, 0.6) is 0 Å². The molecule has 5 heterocycles. The average Bonchev–Trinajstić information content (AvgIpc) is 4.15.